The van der Waals surface area contributed by atoms with Crippen molar-refractivity contribution in [1.29, 1.82) is 0 Å². The van der Waals surface area contributed by atoms with E-state index in [4.69, 9.17) is 5.73 Å². The van der Waals surface area contributed by atoms with E-state index in [0.717, 1.165) is 17.9 Å². The standard InChI is InChI=1S/C13H17FN2O3S/c1-19-13(18)9-7-8(14)3-4-11(9)16-12(17)10(15)5-6-20-2/h3-4,7,10H,5-6,15H2,1-2H3,(H,16,17)/t10-/m1/s1. The molecule has 1 aromatic carbocycles. The van der Waals surface area contributed by atoms with Gasteiger partial charge in [-0.1, -0.05) is 0 Å². The molecule has 0 bridgehead atoms. The number of benzene rings is 1. The molecule has 1 atom stereocenters. The summed E-state index contributed by atoms with van der Waals surface area (Å²) in [6, 6.07) is 2.78. The fraction of sp³-hybridized carbons (Fsp3) is 0.385. The van der Waals surface area contributed by atoms with Gasteiger partial charge in [-0.15, -0.1) is 0 Å². The molecule has 0 aromatic heterocycles. The van der Waals surface area contributed by atoms with Crippen LogP contribution in [0.5, 0.6) is 0 Å². The molecule has 1 aromatic rings. The number of ether oxygens (including phenoxy) is 1. The second-order valence-electron chi connectivity index (χ2n) is 4.06. The summed E-state index contributed by atoms with van der Waals surface area (Å²) in [6.45, 7) is 0. The predicted octanol–water partition coefficient (Wildman–Crippen LogP) is 1.63. The average molecular weight is 300 g/mol. The molecule has 0 unspecified atom stereocenters. The normalized spacial score (nSPS) is 11.8. The molecule has 20 heavy (non-hydrogen) atoms. The number of nitrogens with two attached hydrogens (primary N) is 1. The van der Waals surface area contributed by atoms with Crippen LogP contribution in [0.3, 0.4) is 0 Å². The predicted molar refractivity (Wildman–Crippen MR) is 77.3 cm³/mol. The summed E-state index contributed by atoms with van der Waals surface area (Å²) in [5.41, 5.74) is 5.86. The van der Waals surface area contributed by atoms with Gasteiger partial charge in [-0.25, -0.2) is 9.18 Å². The van der Waals surface area contributed by atoms with Crippen LogP contribution in [0.4, 0.5) is 10.1 Å². The number of nitrogens with one attached hydrogen (secondary N) is 1. The molecule has 0 spiro atoms. The lowest BCUT2D eigenvalue weighted by atomic mass is 10.1. The van der Waals surface area contributed by atoms with Gasteiger partial charge in [0.2, 0.25) is 5.91 Å². The molecule has 110 valence electrons. The number of carbonyl (C=O) groups excluding carboxylic acids is 2. The van der Waals surface area contributed by atoms with Crippen molar-refractivity contribution in [2.45, 2.75) is 12.5 Å². The monoisotopic (exact) mass is 300 g/mol. The number of methoxy groups -OCH3 is 1. The van der Waals surface area contributed by atoms with Crippen molar-refractivity contribution in [3.8, 4) is 0 Å². The Labute approximate surface area is 121 Å². The van der Waals surface area contributed by atoms with Crippen molar-refractivity contribution in [2.24, 2.45) is 5.73 Å². The van der Waals surface area contributed by atoms with E-state index >= 15 is 0 Å². The average Bonchev–Trinajstić information content (AvgIpc) is 2.45. The number of anilines is 1. The van der Waals surface area contributed by atoms with Crippen LogP contribution in [0.1, 0.15) is 16.8 Å². The first-order valence-electron chi connectivity index (χ1n) is 5.92. The van der Waals surface area contributed by atoms with Crippen molar-refractivity contribution in [1.82, 2.24) is 0 Å². The maximum absolute atomic E-state index is 13.2. The van der Waals surface area contributed by atoms with E-state index in [1.165, 1.54) is 13.2 Å². The molecule has 3 N–H and O–H groups in total. The van der Waals surface area contributed by atoms with E-state index < -0.39 is 23.7 Å². The number of rotatable bonds is 6. The summed E-state index contributed by atoms with van der Waals surface area (Å²) in [5, 5.41) is 2.52. The number of carbonyl (C=O) groups is 2. The SMILES string of the molecule is COC(=O)c1cc(F)ccc1NC(=O)[C@H](N)CCSC. The van der Waals surface area contributed by atoms with Crippen LogP contribution in [-0.4, -0.2) is 37.0 Å². The highest BCUT2D eigenvalue weighted by atomic mass is 32.2. The number of esters is 1. The number of hydrogen-bond donors (Lipinski definition) is 2. The Bertz CT molecular complexity index is 497. The van der Waals surface area contributed by atoms with Crippen LogP contribution in [0.15, 0.2) is 18.2 Å². The van der Waals surface area contributed by atoms with E-state index in [2.05, 4.69) is 10.1 Å². The molecule has 0 aliphatic rings. The van der Waals surface area contributed by atoms with Crippen LogP contribution in [0.2, 0.25) is 0 Å². The summed E-state index contributed by atoms with van der Waals surface area (Å²) in [5.74, 6) is -0.981. The lowest BCUT2D eigenvalue weighted by molar-refractivity contribution is -0.117. The van der Waals surface area contributed by atoms with Crippen molar-refractivity contribution in [3.63, 3.8) is 0 Å². The second-order valence-corrected chi connectivity index (χ2v) is 5.04. The van der Waals surface area contributed by atoms with Gasteiger partial charge in [0.25, 0.3) is 0 Å². The Kier molecular flexibility index (Phi) is 6.47. The van der Waals surface area contributed by atoms with Crippen LogP contribution < -0.4 is 11.1 Å². The minimum atomic E-state index is -0.725. The third kappa shape index (κ3) is 4.50. The van der Waals surface area contributed by atoms with Gasteiger partial charge < -0.3 is 15.8 Å². The van der Waals surface area contributed by atoms with Crippen LogP contribution in [0.25, 0.3) is 0 Å². The van der Waals surface area contributed by atoms with Gasteiger partial charge in [0.1, 0.15) is 5.82 Å². The number of amides is 1. The fourth-order valence-corrected chi connectivity index (χ4v) is 2.00. The Morgan fingerprint density at radius 3 is 2.80 bits per heavy atom. The zero-order valence-electron chi connectivity index (χ0n) is 11.3. The number of halogens is 1. The summed E-state index contributed by atoms with van der Waals surface area (Å²) < 4.78 is 17.7. The van der Waals surface area contributed by atoms with Gasteiger partial charge in [0.15, 0.2) is 0 Å². The molecule has 0 fully saturated rings. The summed E-state index contributed by atoms with van der Waals surface area (Å²) in [4.78, 5) is 23.4. The van der Waals surface area contributed by atoms with Crippen molar-refractivity contribution < 1.29 is 18.7 Å². The summed E-state index contributed by atoms with van der Waals surface area (Å²) >= 11 is 1.58. The van der Waals surface area contributed by atoms with Gasteiger partial charge in [-0.2, -0.15) is 11.8 Å². The van der Waals surface area contributed by atoms with Crippen molar-refractivity contribution >= 4 is 29.3 Å². The van der Waals surface area contributed by atoms with E-state index in [0.29, 0.717) is 6.42 Å². The third-order valence-electron chi connectivity index (χ3n) is 2.61. The van der Waals surface area contributed by atoms with Crippen molar-refractivity contribution in [2.75, 3.05) is 24.4 Å². The van der Waals surface area contributed by atoms with Gasteiger partial charge in [-0.05, 0) is 36.6 Å². The summed E-state index contributed by atoms with van der Waals surface area (Å²) in [6.07, 6.45) is 2.43. The lowest BCUT2D eigenvalue weighted by Gasteiger charge is -2.14. The zero-order chi connectivity index (χ0) is 15.1. The topological polar surface area (TPSA) is 81.4 Å². The van der Waals surface area contributed by atoms with E-state index in [-0.39, 0.29) is 11.3 Å². The Hall–Kier alpha value is -1.60. The molecular formula is C13H17FN2O3S. The van der Waals surface area contributed by atoms with Gasteiger partial charge in [-0.3, -0.25) is 4.79 Å². The first kappa shape index (κ1) is 16.5. The molecule has 7 heteroatoms. The molecule has 1 rings (SSSR count). The summed E-state index contributed by atoms with van der Waals surface area (Å²) in [7, 11) is 1.18. The minimum absolute atomic E-state index is 0.0436. The molecule has 0 aliphatic carbocycles. The van der Waals surface area contributed by atoms with Crippen molar-refractivity contribution in [3.05, 3.63) is 29.6 Å². The van der Waals surface area contributed by atoms with Gasteiger partial charge in [0.05, 0.1) is 24.4 Å². The Morgan fingerprint density at radius 1 is 1.50 bits per heavy atom. The highest BCUT2D eigenvalue weighted by Crippen LogP contribution is 2.18. The molecule has 0 aliphatic heterocycles. The molecule has 1 amide bonds. The molecule has 0 saturated heterocycles. The highest BCUT2D eigenvalue weighted by molar-refractivity contribution is 7.98. The quantitative estimate of drug-likeness (QED) is 0.780. The first-order valence-corrected chi connectivity index (χ1v) is 7.32. The highest BCUT2D eigenvalue weighted by Gasteiger charge is 2.18. The Morgan fingerprint density at radius 2 is 2.20 bits per heavy atom. The van der Waals surface area contributed by atoms with E-state index in [1.807, 2.05) is 6.26 Å². The maximum atomic E-state index is 13.2. The molecule has 5 nitrogen and oxygen atoms in total. The largest absolute Gasteiger partial charge is 0.465 e. The minimum Gasteiger partial charge on any atom is -0.465 e. The fourth-order valence-electron chi connectivity index (χ4n) is 1.51. The van der Waals surface area contributed by atoms with Gasteiger partial charge >= 0.3 is 5.97 Å². The number of thioether (sulfide) groups is 1. The molecular weight excluding hydrogens is 283 g/mol. The smallest absolute Gasteiger partial charge is 0.340 e. The molecule has 0 radical (unpaired) electrons. The molecule has 0 saturated carbocycles. The van der Waals surface area contributed by atoms with Crippen LogP contribution in [0, 0.1) is 5.82 Å². The van der Waals surface area contributed by atoms with Crippen LogP contribution >= 0.6 is 11.8 Å². The van der Waals surface area contributed by atoms with E-state index in [9.17, 15) is 14.0 Å². The third-order valence-corrected chi connectivity index (χ3v) is 3.26. The lowest BCUT2D eigenvalue weighted by Crippen LogP contribution is -2.36. The maximum Gasteiger partial charge on any atom is 0.340 e. The van der Waals surface area contributed by atoms with Crippen LogP contribution in [-0.2, 0) is 9.53 Å². The zero-order valence-corrected chi connectivity index (χ0v) is 12.1. The Balaban J connectivity index is 2.86. The second kappa shape index (κ2) is 7.86. The molecule has 0 heterocycles. The van der Waals surface area contributed by atoms with E-state index in [1.54, 1.807) is 11.8 Å². The number of hydrogen-bond acceptors (Lipinski definition) is 5. The van der Waals surface area contributed by atoms with Gasteiger partial charge in [0, 0.05) is 0 Å². The first-order chi connectivity index (χ1) is 9.49.